The van der Waals surface area contributed by atoms with Crippen molar-refractivity contribution < 1.29 is 23.9 Å². The standard InChI is InChI=1S/C18H35NO5Si/c1-10-18(14(20)21)11-13(24-25(8,9)17(5,6)7)12-19(18)15(22)23-16(2,3)4/h13H,10-12H2,1-9H3,(H,20,21)/t13-,18+/m1/s1. The molecule has 1 aliphatic heterocycles. The summed E-state index contributed by atoms with van der Waals surface area (Å²) in [5.74, 6) is -0.998. The second-order valence-corrected chi connectivity index (χ2v) is 14.2. The Labute approximate surface area is 153 Å². The van der Waals surface area contributed by atoms with Crippen molar-refractivity contribution in [2.75, 3.05) is 6.54 Å². The van der Waals surface area contributed by atoms with Crippen molar-refractivity contribution >= 4 is 20.4 Å². The maximum absolute atomic E-state index is 12.6. The van der Waals surface area contributed by atoms with E-state index < -0.39 is 31.5 Å². The number of carbonyl (C=O) groups is 2. The molecule has 1 aliphatic rings. The van der Waals surface area contributed by atoms with Gasteiger partial charge in [-0.05, 0) is 45.3 Å². The number of ether oxygens (including phenoxy) is 1. The molecule has 146 valence electrons. The van der Waals surface area contributed by atoms with Crippen molar-refractivity contribution in [2.24, 2.45) is 0 Å². The largest absolute Gasteiger partial charge is 0.479 e. The van der Waals surface area contributed by atoms with E-state index in [0.717, 1.165) is 0 Å². The zero-order valence-electron chi connectivity index (χ0n) is 17.2. The number of nitrogens with zero attached hydrogens (tertiary/aromatic N) is 1. The van der Waals surface area contributed by atoms with Crippen LogP contribution in [0.25, 0.3) is 0 Å². The normalized spacial score (nSPS) is 25.2. The highest BCUT2D eigenvalue weighted by Crippen LogP contribution is 2.42. The monoisotopic (exact) mass is 373 g/mol. The molecule has 1 fully saturated rings. The topological polar surface area (TPSA) is 76.1 Å². The summed E-state index contributed by atoms with van der Waals surface area (Å²) in [5.41, 5.74) is -1.94. The fourth-order valence-electron chi connectivity index (χ4n) is 2.86. The maximum Gasteiger partial charge on any atom is 0.411 e. The lowest BCUT2D eigenvalue weighted by molar-refractivity contribution is -0.149. The van der Waals surface area contributed by atoms with Crippen LogP contribution in [0.5, 0.6) is 0 Å². The van der Waals surface area contributed by atoms with E-state index in [0.29, 0.717) is 12.8 Å². The molecule has 0 aromatic carbocycles. The van der Waals surface area contributed by atoms with Crippen LogP contribution in [0.1, 0.15) is 61.3 Å². The molecule has 1 heterocycles. The molecule has 1 N–H and O–H groups in total. The highest BCUT2D eigenvalue weighted by atomic mass is 28.4. The Morgan fingerprint density at radius 3 is 2.08 bits per heavy atom. The maximum atomic E-state index is 12.6. The molecule has 25 heavy (non-hydrogen) atoms. The number of likely N-dealkylation sites (tertiary alicyclic amines) is 1. The lowest BCUT2D eigenvalue weighted by Gasteiger charge is -2.38. The van der Waals surface area contributed by atoms with Crippen LogP contribution in [0.2, 0.25) is 18.1 Å². The Morgan fingerprint density at radius 1 is 1.20 bits per heavy atom. The van der Waals surface area contributed by atoms with Crippen LogP contribution < -0.4 is 0 Å². The molecule has 7 heteroatoms. The molecular weight excluding hydrogens is 338 g/mol. The van der Waals surface area contributed by atoms with E-state index in [1.807, 2.05) is 0 Å². The van der Waals surface area contributed by atoms with E-state index >= 15 is 0 Å². The first kappa shape index (κ1) is 22.0. The van der Waals surface area contributed by atoms with Gasteiger partial charge in [0.1, 0.15) is 11.1 Å². The van der Waals surface area contributed by atoms with E-state index in [4.69, 9.17) is 9.16 Å². The quantitative estimate of drug-likeness (QED) is 0.746. The Morgan fingerprint density at radius 2 is 1.72 bits per heavy atom. The number of rotatable bonds is 4. The first-order valence-corrected chi connectivity index (χ1v) is 11.9. The molecule has 1 amide bonds. The average Bonchev–Trinajstić information content (AvgIpc) is 2.74. The Balaban J connectivity index is 3.11. The fourth-order valence-corrected chi connectivity index (χ4v) is 4.20. The van der Waals surface area contributed by atoms with Crippen LogP contribution in [0, 0.1) is 0 Å². The molecule has 1 rings (SSSR count). The Bertz CT molecular complexity index is 521. The molecule has 6 nitrogen and oxygen atoms in total. The van der Waals surface area contributed by atoms with Crippen LogP contribution in [0.4, 0.5) is 4.79 Å². The van der Waals surface area contributed by atoms with Gasteiger partial charge in [0.2, 0.25) is 0 Å². The fraction of sp³-hybridized carbons (Fsp3) is 0.889. The molecule has 0 spiro atoms. The number of hydrogen-bond acceptors (Lipinski definition) is 4. The second kappa shape index (κ2) is 6.91. The minimum absolute atomic E-state index is 0.0183. The van der Waals surface area contributed by atoms with Gasteiger partial charge in [0.25, 0.3) is 0 Å². The molecule has 0 aliphatic carbocycles. The highest BCUT2D eigenvalue weighted by Gasteiger charge is 2.55. The molecule has 1 saturated heterocycles. The van der Waals surface area contributed by atoms with Crippen molar-refractivity contribution in [2.45, 2.75) is 96.7 Å². The minimum atomic E-state index is -2.06. The van der Waals surface area contributed by atoms with Crippen molar-refractivity contribution in [1.82, 2.24) is 4.90 Å². The minimum Gasteiger partial charge on any atom is -0.479 e. The van der Waals surface area contributed by atoms with Gasteiger partial charge in [-0.15, -0.1) is 0 Å². The predicted molar refractivity (Wildman–Crippen MR) is 100 cm³/mol. The van der Waals surface area contributed by atoms with E-state index in [2.05, 4.69) is 33.9 Å². The van der Waals surface area contributed by atoms with Gasteiger partial charge in [0.05, 0.1) is 12.6 Å². The molecule has 0 aromatic heterocycles. The number of carbonyl (C=O) groups excluding carboxylic acids is 1. The average molecular weight is 374 g/mol. The van der Waals surface area contributed by atoms with Gasteiger partial charge in [-0.25, -0.2) is 9.59 Å². The van der Waals surface area contributed by atoms with E-state index in [-0.39, 0.29) is 17.7 Å². The summed E-state index contributed by atoms with van der Waals surface area (Å²) in [5, 5.41) is 9.88. The Hall–Kier alpha value is -1.08. The van der Waals surface area contributed by atoms with Crippen LogP contribution in [-0.2, 0) is 14.0 Å². The SMILES string of the molecule is CC[C@@]1(C(=O)O)C[C@@H](O[Si](C)(C)C(C)(C)C)CN1C(=O)OC(C)(C)C. The van der Waals surface area contributed by atoms with E-state index in [1.54, 1.807) is 27.7 Å². The van der Waals surface area contributed by atoms with Crippen LogP contribution >= 0.6 is 0 Å². The second-order valence-electron chi connectivity index (χ2n) is 9.49. The number of carboxylic acid groups (broad SMARTS) is 1. The molecule has 0 unspecified atom stereocenters. The molecule has 0 radical (unpaired) electrons. The zero-order valence-corrected chi connectivity index (χ0v) is 18.2. The molecule has 0 saturated carbocycles. The summed E-state index contributed by atoms with van der Waals surface area (Å²) in [6.07, 6.45) is -0.258. The van der Waals surface area contributed by atoms with Gasteiger partial charge in [-0.3, -0.25) is 4.90 Å². The highest BCUT2D eigenvalue weighted by molar-refractivity contribution is 6.74. The van der Waals surface area contributed by atoms with Crippen molar-refractivity contribution in [3.05, 3.63) is 0 Å². The van der Waals surface area contributed by atoms with Crippen LogP contribution in [0.3, 0.4) is 0 Å². The first-order valence-electron chi connectivity index (χ1n) is 8.97. The molecule has 2 atom stereocenters. The summed E-state index contributed by atoms with van der Waals surface area (Å²) in [7, 11) is -2.06. The van der Waals surface area contributed by atoms with Gasteiger partial charge < -0.3 is 14.3 Å². The van der Waals surface area contributed by atoms with Crippen LogP contribution in [0.15, 0.2) is 0 Å². The number of carboxylic acids is 1. The third-order valence-electron chi connectivity index (χ3n) is 5.33. The summed E-state index contributed by atoms with van der Waals surface area (Å²) in [4.78, 5) is 26.1. The zero-order chi connectivity index (χ0) is 19.8. The smallest absolute Gasteiger partial charge is 0.411 e. The van der Waals surface area contributed by atoms with E-state index in [1.165, 1.54) is 4.90 Å². The summed E-state index contributed by atoms with van der Waals surface area (Å²) in [6.45, 7) is 18.1. The molecular formula is C18H35NO5Si. The van der Waals surface area contributed by atoms with Gasteiger partial charge in [0.15, 0.2) is 8.32 Å². The van der Waals surface area contributed by atoms with E-state index in [9.17, 15) is 14.7 Å². The van der Waals surface area contributed by atoms with Gasteiger partial charge >= 0.3 is 12.1 Å². The summed E-state index contributed by atoms with van der Waals surface area (Å²) >= 11 is 0. The Kier molecular flexibility index (Phi) is 6.07. The van der Waals surface area contributed by atoms with Crippen molar-refractivity contribution in [3.8, 4) is 0 Å². The lowest BCUT2D eigenvalue weighted by atomic mass is 9.92. The van der Waals surface area contributed by atoms with Gasteiger partial charge in [0, 0.05) is 6.42 Å². The van der Waals surface area contributed by atoms with Crippen LogP contribution in [-0.4, -0.2) is 54.2 Å². The first-order chi connectivity index (χ1) is 11.1. The van der Waals surface area contributed by atoms with Gasteiger partial charge in [-0.1, -0.05) is 27.7 Å². The number of amides is 1. The predicted octanol–water partition coefficient (Wildman–Crippen LogP) is 4.25. The molecule has 0 bridgehead atoms. The summed E-state index contributed by atoms with van der Waals surface area (Å²) < 4.78 is 11.9. The third kappa shape index (κ3) is 4.76. The molecule has 0 aromatic rings. The third-order valence-corrected chi connectivity index (χ3v) is 9.87. The lowest BCUT2D eigenvalue weighted by Crippen LogP contribution is -2.53. The summed E-state index contributed by atoms with van der Waals surface area (Å²) in [6, 6.07) is 0. The number of hydrogen-bond donors (Lipinski definition) is 1. The number of aliphatic carboxylic acids is 1. The van der Waals surface area contributed by atoms with Gasteiger partial charge in [-0.2, -0.15) is 0 Å². The van der Waals surface area contributed by atoms with Crippen molar-refractivity contribution in [3.63, 3.8) is 0 Å². The van der Waals surface area contributed by atoms with Crippen molar-refractivity contribution in [1.29, 1.82) is 0 Å².